The van der Waals surface area contributed by atoms with Gasteiger partial charge in [-0.15, -0.1) is 0 Å². The van der Waals surface area contributed by atoms with Crippen molar-refractivity contribution in [1.82, 2.24) is 0 Å². The number of rotatable bonds is 0. The Hall–Kier alpha value is 5.24. The van der Waals surface area contributed by atoms with Crippen LogP contribution in [0.1, 0.15) is 0 Å². The third-order valence-electron chi connectivity index (χ3n) is 0. The van der Waals surface area contributed by atoms with Gasteiger partial charge in [-0.2, -0.15) is 0 Å². The third kappa shape index (κ3) is 631. The van der Waals surface area contributed by atoms with E-state index in [0.717, 1.165) is 0 Å². The monoisotopic (exact) mass is 997 g/mol. The summed E-state index contributed by atoms with van der Waals surface area (Å²) in [6.07, 6.45) is 0. The minimum Gasteiger partial charge on any atom is 5.00 e. The van der Waals surface area contributed by atoms with Gasteiger partial charge in [-0.3, -0.25) is 0 Å². The van der Waals surface area contributed by atoms with Crippen LogP contribution in [0.4, 0.5) is 0 Å². The fourth-order valence-corrected chi connectivity index (χ4v) is 0. The van der Waals surface area contributed by atoms with Crippen molar-refractivity contribution in [2.45, 2.75) is 0 Å². The summed E-state index contributed by atoms with van der Waals surface area (Å²) in [4.78, 5) is 0. The van der Waals surface area contributed by atoms with Crippen molar-refractivity contribution < 1.29 is 106 Å². The Morgan fingerprint density at radius 2 is 0.217 bits per heavy atom. The molecule has 0 bridgehead atoms. The molecule has 0 aliphatic heterocycles. The molecule has 0 rings (SSSR count). The van der Waals surface area contributed by atoms with Gasteiger partial charge in [-0.25, -0.2) is 0 Å². The van der Waals surface area contributed by atoms with E-state index in [0.29, 0.717) is 0 Å². The minimum absolute atomic E-state index is 0. The van der Waals surface area contributed by atoms with Crippen LogP contribution in [0.5, 0.6) is 0 Å². The zero-order valence-corrected chi connectivity index (χ0v) is 26.7. The van der Waals surface area contributed by atoms with E-state index in [9.17, 15) is 0 Å². The number of hydrogen-bond donors (Lipinski definition) is 0. The van der Waals surface area contributed by atoms with Crippen LogP contribution in [-0.2, 0) is 55.7 Å². The van der Waals surface area contributed by atoms with Crippen LogP contribution in [0.2, 0.25) is 0 Å². The molecule has 0 N–H and O–H groups in total. The second-order valence-corrected chi connectivity index (χ2v) is 7.50. The van der Waals surface area contributed by atoms with Crippen molar-refractivity contribution in [3.63, 3.8) is 0 Å². The van der Waals surface area contributed by atoms with Gasteiger partial charge in [-0.05, 0) is 0 Å². The summed E-state index contributed by atoms with van der Waals surface area (Å²) in [5.41, 5.74) is 0. The molecular weight excluding hydrogens is 1000 g/mol. The van der Waals surface area contributed by atoms with Crippen LogP contribution >= 0.6 is 0 Å². The standard InChI is InChI=1S/15O.5Sb.3V/q15*-1;;;;;;3*+5. The van der Waals surface area contributed by atoms with Gasteiger partial charge in [0.25, 0.3) is 0 Å². The van der Waals surface area contributed by atoms with E-state index in [2.05, 4.69) is 0 Å². The molecule has 0 saturated heterocycles. The first-order chi connectivity index (χ1) is 8.66. The van der Waals surface area contributed by atoms with E-state index < -0.39 is 107 Å². The summed E-state index contributed by atoms with van der Waals surface area (Å²) in [6, 6.07) is 0. The van der Waals surface area contributed by atoms with Gasteiger partial charge in [0.1, 0.15) is 0 Å². The van der Waals surface area contributed by atoms with Gasteiger partial charge in [0.2, 0.25) is 0 Å². The first-order valence-electron chi connectivity index (χ1n) is 2.74. The first-order valence-corrected chi connectivity index (χ1v) is 18.4. The van der Waals surface area contributed by atoms with E-state index in [1.54, 1.807) is 0 Å². The predicted octanol–water partition coefficient (Wildman–Crippen LogP) is -19.7. The van der Waals surface area contributed by atoms with Crippen molar-refractivity contribution in [1.29, 1.82) is 0 Å². The summed E-state index contributed by atoms with van der Waals surface area (Å²) in [7, 11) is 0. The zero-order chi connectivity index (χ0) is 17.9. The van der Waals surface area contributed by atoms with Crippen molar-refractivity contribution in [2.75, 3.05) is 0 Å². The molecule has 0 spiro atoms. The van der Waals surface area contributed by atoms with Gasteiger partial charge in [0, 0.05) is 0 Å². The summed E-state index contributed by atoms with van der Waals surface area (Å²) in [5.74, 6) is 0. The molecule has 0 heterocycles. The molecule has 0 aromatic carbocycles. The maximum Gasteiger partial charge on any atom is 5.00 e. The molecule has 0 aromatic rings. The molecule has 23 heavy (non-hydrogen) atoms. The normalized spacial score (nSPS) is 7.83. The molecule has 0 aromatic heterocycles. The predicted molar refractivity (Wildman–Crippen MR) is 28.8 cm³/mol. The zero-order valence-electron chi connectivity index (χ0n) is 9.70. The van der Waals surface area contributed by atoms with Gasteiger partial charge in [0.15, 0.2) is 0 Å². The Labute approximate surface area is 209 Å². The van der Waals surface area contributed by atoms with Crippen LogP contribution in [0.25, 0.3) is 0 Å². The first kappa shape index (κ1) is 51.2. The van der Waals surface area contributed by atoms with Crippen molar-refractivity contribution >= 4 is 107 Å². The van der Waals surface area contributed by atoms with Gasteiger partial charge >= 0.3 is 214 Å². The minimum atomic E-state index is -4.20. The van der Waals surface area contributed by atoms with Crippen molar-refractivity contribution in [3.05, 3.63) is 0 Å². The Morgan fingerprint density at radius 1 is 0.217 bits per heavy atom. The van der Waals surface area contributed by atoms with Gasteiger partial charge < -0.3 is 0 Å². The summed E-state index contributed by atoms with van der Waals surface area (Å²) < 4.78 is 129. The molecule has 0 aliphatic rings. The third-order valence-corrected chi connectivity index (χ3v) is 0. The van der Waals surface area contributed by atoms with E-state index in [4.69, 9.17) is 50.8 Å². The van der Waals surface area contributed by atoms with Crippen LogP contribution in [0, 0.1) is 0 Å². The maximum atomic E-state index is 8.60. The van der Waals surface area contributed by atoms with Gasteiger partial charge in [0.05, 0.1) is 0 Å². The van der Waals surface area contributed by atoms with Crippen molar-refractivity contribution in [2.24, 2.45) is 0 Å². The second-order valence-electron chi connectivity index (χ2n) is 1.12. The Balaban J connectivity index is -0.0000000197. The van der Waals surface area contributed by atoms with Crippen LogP contribution < -0.4 is 50.8 Å². The average Bonchev–Trinajstić information content (AvgIpc) is 1.94. The summed E-state index contributed by atoms with van der Waals surface area (Å²) in [6.45, 7) is 0. The van der Waals surface area contributed by atoms with Crippen LogP contribution in [0.15, 0.2) is 0 Å². The fraction of sp³-hybridized carbons (Fsp3) is 0. The molecule has 0 aliphatic carbocycles. The fourth-order valence-electron chi connectivity index (χ4n) is 0. The van der Waals surface area contributed by atoms with Gasteiger partial charge in [-0.1, -0.05) is 0 Å². The Morgan fingerprint density at radius 3 is 0.217 bits per heavy atom. The SMILES string of the molecule is [O-][Sb]([O-])[O-].[O-][Sb]([O-])[O-].[O-][Sb]([O-])[O-].[O-][Sb]([O-])[O-].[O-][Sb]([O-])[O-].[V+5].[V+5].[V+5]. The Bertz CT molecular complexity index is 87.7. The molecule has 15 nitrogen and oxygen atoms in total. The van der Waals surface area contributed by atoms with E-state index in [1.165, 1.54) is 0 Å². The van der Waals surface area contributed by atoms with E-state index in [1.807, 2.05) is 0 Å². The summed E-state index contributed by atoms with van der Waals surface area (Å²) in [5, 5.41) is 0. The molecule has 23 heteroatoms. The largest absolute Gasteiger partial charge is 5.00 e. The number of hydrogen-bond acceptors (Lipinski definition) is 15. The van der Waals surface area contributed by atoms with Crippen molar-refractivity contribution in [3.8, 4) is 0 Å². The smallest absolute Gasteiger partial charge is 5.00 e. The topological polar surface area (TPSA) is 346 Å². The van der Waals surface area contributed by atoms with E-state index in [-0.39, 0.29) is 55.7 Å². The molecule has 0 fully saturated rings. The summed E-state index contributed by atoms with van der Waals surface area (Å²) >= 11 is -21.0. The molecule has 0 saturated carbocycles. The molecule has 0 amide bonds. The molecule has 0 unspecified atom stereocenters. The molecule has 130 valence electrons. The van der Waals surface area contributed by atoms with Crippen LogP contribution in [0.3, 0.4) is 0 Å². The molecule has 0 radical (unpaired) electrons. The van der Waals surface area contributed by atoms with E-state index >= 15 is 0 Å². The molecule has 0 atom stereocenters. The maximum absolute atomic E-state index is 8.60. The Kier molecular flexibility index (Phi) is 102. The van der Waals surface area contributed by atoms with Crippen LogP contribution in [-0.4, -0.2) is 107 Å². The quantitative estimate of drug-likeness (QED) is 0.204. The second kappa shape index (κ2) is 45.8. The average molecular weight is 1000 g/mol. The molecular formula is O15Sb5V3.